The van der Waals surface area contributed by atoms with E-state index in [1.807, 2.05) is 19.1 Å². The first-order chi connectivity index (χ1) is 10.8. The number of carbonyl (C=O) groups is 1. The van der Waals surface area contributed by atoms with Crippen molar-refractivity contribution in [3.63, 3.8) is 0 Å². The number of hydrogen-bond acceptors (Lipinski definition) is 5. The number of pyridine rings is 1. The summed E-state index contributed by atoms with van der Waals surface area (Å²) in [4.78, 5) is 26.8. The maximum atomic E-state index is 12.5. The smallest absolute Gasteiger partial charge is 0.257 e. The van der Waals surface area contributed by atoms with Crippen molar-refractivity contribution in [2.75, 3.05) is 26.8 Å². The maximum absolute atomic E-state index is 12.5. The summed E-state index contributed by atoms with van der Waals surface area (Å²) in [5.74, 6) is 0.486. The van der Waals surface area contributed by atoms with Crippen molar-refractivity contribution in [3.8, 4) is 11.4 Å². The fourth-order valence-corrected chi connectivity index (χ4v) is 2.05. The van der Waals surface area contributed by atoms with Crippen molar-refractivity contribution in [1.82, 2.24) is 19.9 Å². The van der Waals surface area contributed by atoms with Gasteiger partial charge in [0.15, 0.2) is 5.82 Å². The molecule has 0 spiro atoms. The molecule has 0 bridgehead atoms. The fraction of sp³-hybridized carbons (Fsp3) is 0.375. The average molecular weight is 300 g/mol. The second-order valence-electron chi connectivity index (χ2n) is 4.82. The number of nitrogens with zero attached hydrogens (tertiary/aromatic N) is 4. The number of methoxy groups -OCH3 is 1. The van der Waals surface area contributed by atoms with Gasteiger partial charge in [0.05, 0.1) is 12.2 Å². The Labute approximate surface area is 130 Å². The Morgan fingerprint density at radius 2 is 2.00 bits per heavy atom. The van der Waals surface area contributed by atoms with E-state index in [0.717, 1.165) is 12.0 Å². The van der Waals surface area contributed by atoms with Gasteiger partial charge in [-0.3, -0.25) is 9.78 Å². The molecule has 0 aliphatic rings. The van der Waals surface area contributed by atoms with Gasteiger partial charge >= 0.3 is 0 Å². The van der Waals surface area contributed by atoms with Gasteiger partial charge in [-0.15, -0.1) is 0 Å². The summed E-state index contributed by atoms with van der Waals surface area (Å²) in [6.07, 6.45) is 7.41. The Morgan fingerprint density at radius 3 is 2.59 bits per heavy atom. The molecule has 0 aromatic carbocycles. The molecule has 0 radical (unpaired) electrons. The molecule has 116 valence electrons. The maximum Gasteiger partial charge on any atom is 0.257 e. The third kappa shape index (κ3) is 4.08. The minimum atomic E-state index is -0.0726. The summed E-state index contributed by atoms with van der Waals surface area (Å²) in [6, 6.07) is 3.71. The van der Waals surface area contributed by atoms with Crippen molar-refractivity contribution < 1.29 is 9.53 Å². The van der Waals surface area contributed by atoms with Crippen LogP contribution < -0.4 is 0 Å². The number of hydrogen-bond donors (Lipinski definition) is 0. The van der Waals surface area contributed by atoms with Crippen LogP contribution in [0.3, 0.4) is 0 Å². The average Bonchev–Trinajstić information content (AvgIpc) is 2.59. The lowest BCUT2D eigenvalue weighted by atomic mass is 10.2. The van der Waals surface area contributed by atoms with Gasteiger partial charge in [0.25, 0.3) is 5.91 Å². The van der Waals surface area contributed by atoms with Crippen LogP contribution >= 0.6 is 0 Å². The molecule has 0 unspecified atom stereocenters. The van der Waals surface area contributed by atoms with Gasteiger partial charge in [0.2, 0.25) is 0 Å². The highest BCUT2D eigenvalue weighted by atomic mass is 16.5. The molecule has 2 heterocycles. The molecule has 0 aliphatic carbocycles. The van der Waals surface area contributed by atoms with Crippen LogP contribution in [0.4, 0.5) is 0 Å². The second kappa shape index (κ2) is 8.19. The van der Waals surface area contributed by atoms with Crippen LogP contribution in [0.15, 0.2) is 36.9 Å². The Kier molecular flexibility index (Phi) is 5.97. The highest BCUT2D eigenvalue weighted by Gasteiger charge is 2.15. The van der Waals surface area contributed by atoms with Gasteiger partial charge in [0.1, 0.15) is 0 Å². The molecule has 2 aromatic rings. The first-order valence-corrected chi connectivity index (χ1v) is 7.27. The van der Waals surface area contributed by atoms with Crippen molar-refractivity contribution in [1.29, 1.82) is 0 Å². The van der Waals surface area contributed by atoms with Crippen LogP contribution in [0.5, 0.6) is 0 Å². The molecule has 0 saturated heterocycles. The van der Waals surface area contributed by atoms with E-state index in [-0.39, 0.29) is 5.91 Å². The molecule has 0 N–H and O–H groups in total. The van der Waals surface area contributed by atoms with E-state index in [1.165, 1.54) is 0 Å². The second-order valence-corrected chi connectivity index (χ2v) is 4.82. The Hall–Kier alpha value is -2.34. The zero-order chi connectivity index (χ0) is 15.8. The minimum absolute atomic E-state index is 0.0726. The van der Waals surface area contributed by atoms with Gasteiger partial charge < -0.3 is 9.64 Å². The molecular formula is C16H20N4O2. The summed E-state index contributed by atoms with van der Waals surface area (Å²) < 4.78 is 5.05. The molecule has 0 atom stereocenters. The van der Waals surface area contributed by atoms with E-state index in [9.17, 15) is 4.79 Å². The number of ether oxygens (including phenoxy) is 1. The quantitative estimate of drug-likeness (QED) is 0.782. The van der Waals surface area contributed by atoms with Crippen LogP contribution in [0.2, 0.25) is 0 Å². The molecule has 0 fully saturated rings. The first-order valence-electron chi connectivity index (χ1n) is 7.27. The molecule has 2 rings (SSSR count). The summed E-state index contributed by atoms with van der Waals surface area (Å²) in [6.45, 7) is 3.80. The van der Waals surface area contributed by atoms with Crippen molar-refractivity contribution in [3.05, 3.63) is 42.5 Å². The van der Waals surface area contributed by atoms with Crippen LogP contribution in [0.1, 0.15) is 23.7 Å². The number of amides is 1. The van der Waals surface area contributed by atoms with Crippen molar-refractivity contribution >= 4 is 5.91 Å². The number of aromatic nitrogens is 3. The Morgan fingerprint density at radius 1 is 1.23 bits per heavy atom. The van der Waals surface area contributed by atoms with E-state index >= 15 is 0 Å². The van der Waals surface area contributed by atoms with Gasteiger partial charge in [-0.25, -0.2) is 9.97 Å². The van der Waals surface area contributed by atoms with E-state index in [4.69, 9.17) is 4.74 Å². The predicted molar refractivity (Wildman–Crippen MR) is 83.3 cm³/mol. The van der Waals surface area contributed by atoms with Gasteiger partial charge in [-0.2, -0.15) is 0 Å². The summed E-state index contributed by atoms with van der Waals surface area (Å²) in [7, 11) is 1.63. The number of rotatable bonds is 7. The third-order valence-corrected chi connectivity index (χ3v) is 3.16. The van der Waals surface area contributed by atoms with E-state index < -0.39 is 0 Å². The first kappa shape index (κ1) is 16.0. The van der Waals surface area contributed by atoms with E-state index in [2.05, 4.69) is 15.0 Å². The standard InChI is InChI=1S/C16H20N4O2/c1-3-7-20(8-9-22-2)16(21)14-11-18-15(19-12-14)13-5-4-6-17-10-13/h4-6,10-12H,3,7-9H2,1-2H3. The Bertz CT molecular complexity index is 587. The molecule has 0 saturated carbocycles. The third-order valence-electron chi connectivity index (χ3n) is 3.16. The highest BCUT2D eigenvalue weighted by molar-refractivity contribution is 5.93. The monoisotopic (exact) mass is 300 g/mol. The minimum Gasteiger partial charge on any atom is -0.383 e. The molecule has 6 heteroatoms. The lowest BCUT2D eigenvalue weighted by molar-refractivity contribution is 0.0695. The van der Waals surface area contributed by atoms with Gasteiger partial charge in [-0.05, 0) is 18.6 Å². The largest absolute Gasteiger partial charge is 0.383 e. The van der Waals surface area contributed by atoms with Crippen LogP contribution in [-0.2, 0) is 4.74 Å². The van der Waals surface area contributed by atoms with Crippen LogP contribution in [0.25, 0.3) is 11.4 Å². The summed E-state index contributed by atoms with van der Waals surface area (Å²) in [5, 5.41) is 0. The summed E-state index contributed by atoms with van der Waals surface area (Å²) >= 11 is 0. The normalized spacial score (nSPS) is 10.5. The van der Waals surface area contributed by atoms with Crippen LogP contribution in [-0.4, -0.2) is 52.6 Å². The predicted octanol–water partition coefficient (Wildman–Crippen LogP) is 2.04. The lowest BCUT2D eigenvalue weighted by Crippen LogP contribution is -2.34. The fourth-order valence-electron chi connectivity index (χ4n) is 2.05. The molecule has 2 aromatic heterocycles. The molecule has 22 heavy (non-hydrogen) atoms. The highest BCUT2D eigenvalue weighted by Crippen LogP contribution is 2.13. The molecule has 0 aliphatic heterocycles. The van der Waals surface area contributed by atoms with Crippen LogP contribution in [0, 0.1) is 0 Å². The van der Waals surface area contributed by atoms with Crippen molar-refractivity contribution in [2.45, 2.75) is 13.3 Å². The lowest BCUT2D eigenvalue weighted by Gasteiger charge is -2.21. The van der Waals surface area contributed by atoms with Gasteiger partial charge in [-0.1, -0.05) is 6.92 Å². The zero-order valence-electron chi connectivity index (χ0n) is 12.9. The molecular weight excluding hydrogens is 280 g/mol. The molecule has 6 nitrogen and oxygen atoms in total. The SMILES string of the molecule is CCCN(CCOC)C(=O)c1cnc(-c2cccnc2)nc1. The zero-order valence-corrected chi connectivity index (χ0v) is 12.9. The Balaban J connectivity index is 2.12. The van der Waals surface area contributed by atoms with E-state index in [0.29, 0.717) is 31.1 Å². The van der Waals surface area contributed by atoms with E-state index in [1.54, 1.807) is 36.8 Å². The topological polar surface area (TPSA) is 68.2 Å². The molecule has 1 amide bonds. The van der Waals surface area contributed by atoms with Gasteiger partial charge in [0, 0.05) is 50.6 Å². The summed E-state index contributed by atoms with van der Waals surface area (Å²) in [5.41, 5.74) is 1.31. The number of carbonyl (C=O) groups excluding carboxylic acids is 1. The van der Waals surface area contributed by atoms with Crippen molar-refractivity contribution in [2.24, 2.45) is 0 Å².